The monoisotopic (exact) mass is 251 g/mol. The van der Waals surface area contributed by atoms with Crippen LogP contribution in [0.2, 0.25) is 0 Å². The van der Waals surface area contributed by atoms with Crippen molar-refractivity contribution in [1.82, 2.24) is 5.32 Å². The Hall–Kier alpha value is -1.06. The summed E-state index contributed by atoms with van der Waals surface area (Å²) in [5.74, 6) is 1.41. The summed E-state index contributed by atoms with van der Waals surface area (Å²) in [6.45, 7) is 9.82. The Bertz CT molecular complexity index is 364. The molecular formula is C15H25NO2. The quantitative estimate of drug-likeness (QED) is 0.782. The molecule has 0 bridgehead atoms. The van der Waals surface area contributed by atoms with E-state index >= 15 is 0 Å². The number of hydrogen-bond donors (Lipinski definition) is 2. The molecular weight excluding hydrogens is 226 g/mol. The van der Waals surface area contributed by atoms with Crippen LogP contribution in [0.3, 0.4) is 0 Å². The Balaban J connectivity index is 2.68. The number of hydrogen-bond acceptors (Lipinski definition) is 3. The van der Waals surface area contributed by atoms with Crippen LogP contribution in [-0.2, 0) is 0 Å². The summed E-state index contributed by atoms with van der Waals surface area (Å²) in [7, 11) is 0. The molecule has 0 radical (unpaired) electrons. The molecule has 3 heteroatoms. The highest BCUT2D eigenvalue weighted by Crippen LogP contribution is 2.24. The molecule has 3 nitrogen and oxygen atoms in total. The Kier molecular flexibility index (Phi) is 6.16. The molecule has 0 aliphatic carbocycles. The van der Waals surface area contributed by atoms with Gasteiger partial charge in [-0.15, -0.1) is 0 Å². The minimum absolute atomic E-state index is 0.00268. The maximum absolute atomic E-state index is 9.20. The van der Waals surface area contributed by atoms with E-state index < -0.39 is 0 Å². The van der Waals surface area contributed by atoms with Crippen LogP contribution in [0.25, 0.3) is 0 Å². The Labute approximate surface area is 110 Å². The van der Waals surface area contributed by atoms with E-state index in [0.29, 0.717) is 12.5 Å². The lowest BCUT2D eigenvalue weighted by molar-refractivity contribution is 0.184. The first-order valence-corrected chi connectivity index (χ1v) is 6.66. The van der Waals surface area contributed by atoms with Gasteiger partial charge in [-0.1, -0.05) is 32.9 Å². The zero-order valence-electron chi connectivity index (χ0n) is 11.9. The number of aliphatic hydroxyl groups is 1. The highest BCUT2D eigenvalue weighted by atomic mass is 16.5. The molecule has 0 saturated heterocycles. The van der Waals surface area contributed by atoms with Crippen LogP contribution >= 0.6 is 0 Å². The van der Waals surface area contributed by atoms with Crippen molar-refractivity contribution in [2.24, 2.45) is 0 Å². The van der Waals surface area contributed by atoms with Crippen LogP contribution < -0.4 is 10.1 Å². The molecule has 0 aliphatic rings. The normalized spacial score (nSPS) is 12.8. The third-order valence-corrected chi connectivity index (χ3v) is 3.03. The maximum atomic E-state index is 9.20. The average molecular weight is 251 g/mol. The minimum atomic E-state index is -0.00268. The predicted octanol–water partition coefficient (Wildman–Crippen LogP) is 2.47. The van der Waals surface area contributed by atoms with Crippen molar-refractivity contribution in [3.05, 3.63) is 29.3 Å². The zero-order valence-corrected chi connectivity index (χ0v) is 11.9. The number of aliphatic hydroxyl groups excluding tert-OH is 1. The van der Waals surface area contributed by atoms with E-state index in [9.17, 15) is 5.11 Å². The van der Waals surface area contributed by atoms with Crippen molar-refractivity contribution in [3.8, 4) is 5.75 Å². The zero-order chi connectivity index (χ0) is 13.5. The number of aryl methyl sites for hydroxylation is 1. The standard InChI is InChI=1S/C15H25NO2/c1-5-16-14(9-17)10-18-15-8-13(11(2)3)7-6-12(15)4/h6-8,11,14,16-17H,5,9-10H2,1-4H3. The van der Waals surface area contributed by atoms with Crippen LogP contribution in [0, 0.1) is 6.92 Å². The summed E-state index contributed by atoms with van der Waals surface area (Å²) in [6.07, 6.45) is 0. The van der Waals surface area contributed by atoms with Crippen molar-refractivity contribution >= 4 is 0 Å². The van der Waals surface area contributed by atoms with Gasteiger partial charge >= 0.3 is 0 Å². The van der Waals surface area contributed by atoms with E-state index in [-0.39, 0.29) is 12.6 Å². The van der Waals surface area contributed by atoms with Crippen LogP contribution in [0.1, 0.15) is 37.8 Å². The fourth-order valence-electron chi connectivity index (χ4n) is 1.79. The van der Waals surface area contributed by atoms with E-state index in [4.69, 9.17) is 4.74 Å². The van der Waals surface area contributed by atoms with Gasteiger partial charge < -0.3 is 15.2 Å². The molecule has 102 valence electrons. The largest absolute Gasteiger partial charge is 0.492 e. The van der Waals surface area contributed by atoms with Crippen LogP contribution in [0.5, 0.6) is 5.75 Å². The Morgan fingerprint density at radius 3 is 2.61 bits per heavy atom. The maximum Gasteiger partial charge on any atom is 0.122 e. The molecule has 0 heterocycles. The number of benzene rings is 1. The lowest BCUT2D eigenvalue weighted by Gasteiger charge is -2.18. The third-order valence-electron chi connectivity index (χ3n) is 3.03. The molecule has 1 aromatic carbocycles. The van der Waals surface area contributed by atoms with Gasteiger partial charge in [0.25, 0.3) is 0 Å². The number of nitrogens with one attached hydrogen (secondary N) is 1. The first-order chi connectivity index (χ1) is 8.58. The summed E-state index contributed by atoms with van der Waals surface area (Å²) in [6, 6.07) is 6.32. The molecule has 0 aliphatic heterocycles. The molecule has 1 unspecified atom stereocenters. The first kappa shape index (κ1) is 15.0. The molecule has 1 rings (SSSR count). The van der Waals surface area contributed by atoms with E-state index in [2.05, 4.69) is 37.4 Å². The molecule has 1 aromatic rings. The van der Waals surface area contributed by atoms with Crippen molar-refractivity contribution < 1.29 is 9.84 Å². The van der Waals surface area contributed by atoms with Gasteiger partial charge in [-0.05, 0) is 36.6 Å². The predicted molar refractivity (Wildman–Crippen MR) is 75.3 cm³/mol. The second-order valence-corrected chi connectivity index (χ2v) is 4.93. The number of rotatable bonds is 7. The van der Waals surface area contributed by atoms with Gasteiger partial charge in [0, 0.05) is 0 Å². The second-order valence-electron chi connectivity index (χ2n) is 4.93. The van der Waals surface area contributed by atoms with Gasteiger partial charge in [-0.25, -0.2) is 0 Å². The van der Waals surface area contributed by atoms with Gasteiger partial charge in [-0.3, -0.25) is 0 Å². The summed E-state index contributed by atoms with van der Waals surface area (Å²) in [5, 5.41) is 12.4. The third kappa shape index (κ3) is 4.31. The van der Waals surface area contributed by atoms with Crippen LogP contribution in [-0.4, -0.2) is 30.9 Å². The number of ether oxygens (including phenoxy) is 1. The van der Waals surface area contributed by atoms with Crippen LogP contribution in [0.4, 0.5) is 0 Å². The lowest BCUT2D eigenvalue weighted by atomic mass is 10.0. The molecule has 2 N–H and O–H groups in total. The number of likely N-dealkylation sites (N-methyl/N-ethyl adjacent to an activating group) is 1. The van der Waals surface area contributed by atoms with E-state index in [1.807, 2.05) is 13.8 Å². The van der Waals surface area contributed by atoms with E-state index in [1.165, 1.54) is 5.56 Å². The topological polar surface area (TPSA) is 41.5 Å². The van der Waals surface area contributed by atoms with Crippen molar-refractivity contribution in [1.29, 1.82) is 0 Å². The fourth-order valence-corrected chi connectivity index (χ4v) is 1.79. The van der Waals surface area contributed by atoms with Gasteiger partial charge in [-0.2, -0.15) is 0 Å². The smallest absolute Gasteiger partial charge is 0.122 e. The first-order valence-electron chi connectivity index (χ1n) is 6.66. The van der Waals surface area contributed by atoms with Crippen LogP contribution in [0.15, 0.2) is 18.2 Å². The highest BCUT2D eigenvalue weighted by Gasteiger charge is 2.09. The second kappa shape index (κ2) is 7.39. The van der Waals surface area contributed by atoms with Gasteiger partial charge in [0.15, 0.2) is 0 Å². The molecule has 0 spiro atoms. The van der Waals surface area contributed by atoms with Crippen molar-refractivity contribution in [2.75, 3.05) is 19.8 Å². The highest BCUT2D eigenvalue weighted by molar-refractivity contribution is 5.37. The van der Waals surface area contributed by atoms with Gasteiger partial charge in [0.2, 0.25) is 0 Å². The molecule has 1 atom stereocenters. The van der Waals surface area contributed by atoms with Crippen molar-refractivity contribution in [2.45, 2.75) is 39.7 Å². The average Bonchev–Trinajstić information content (AvgIpc) is 2.35. The molecule has 0 amide bonds. The Morgan fingerprint density at radius 2 is 2.06 bits per heavy atom. The summed E-state index contributed by atoms with van der Waals surface area (Å²) in [4.78, 5) is 0. The summed E-state index contributed by atoms with van der Waals surface area (Å²) >= 11 is 0. The lowest BCUT2D eigenvalue weighted by Crippen LogP contribution is -2.37. The van der Waals surface area contributed by atoms with E-state index in [0.717, 1.165) is 17.9 Å². The molecule has 0 fully saturated rings. The van der Waals surface area contributed by atoms with Gasteiger partial charge in [0.1, 0.15) is 12.4 Å². The molecule has 0 saturated carbocycles. The summed E-state index contributed by atoms with van der Waals surface area (Å²) in [5.41, 5.74) is 2.41. The SMILES string of the molecule is CCNC(CO)COc1cc(C(C)C)ccc1C. The molecule has 0 aromatic heterocycles. The molecule has 18 heavy (non-hydrogen) atoms. The minimum Gasteiger partial charge on any atom is -0.492 e. The van der Waals surface area contributed by atoms with Gasteiger partial charge in [0.05, 0.1) is 12.6 Å². The fraction of sp³-hybridized carbons (Fsp3) is 0.600. The Morgan fingerprint density at radius 1 is 1.33 bits per heavy atom. The summed E-state index contributed by atoms with van der Waals surface area (Å²) < 4.78 is 5.81. The van der Waals surface area contributed by atoms with E-state index in [1.54, 1.807) is 0 Å². The van der Waals surface area contributed by atoms with Crippen molar-refractivity contribution in [3.63, 3.8) is 0 Å².